The Morgan fingerprint density at radius 2 is 2.31 bits per heavy atom. The summed E-state index contributed by atoms with van der Waals surface area (Å²) in [6.07, 6.45) is -0.436. The van der Waals surface area contributed by atoms with Crippen LogP contribution in [0.25, 0.3) is 0 Å². The molecule has 0 radical (unpaired) electrons. The fourth-order valence-electron chi connectivity index (χ4n) is 1.72. The minimum Gasteiger partial charge on any atom is -0.460 e. The van der Waals surface area contributed by atoms with E-state index in [1.807, 2.05) is 14.8 Å². The van der Waals surface area contributed by atoms with Crippen molar-refractivity contribution in [2.75, 3.05) is 6.61 Å². The quantitative estimate of drug-likeness (QED) is 0.439. The minimum absolute atomic E-state index is 0.0245. The number of hydrogen-bond acceptors (Lipinski definition) is 4. The monoisotopic (exact) mass is 186 g/mol. The Hall–Kier alpha value is -0.545. The van der Waals surface area contributed by atoms with Gasteiger partial charge in [-0.2, -0.15) is 0 Å². The van der Waals surface area contributed by atoms with E-state index in [1.54, 1.807) is 0 Å². The Balaban J connectivity index is 2.58. The Labute approximate surface area is 78.6 Å². The van der Waals surface area contributed by atoms with E-state index in [9.17, 15) is 4.79 Å². The number of esters is 1. The summed E-state index contributed by atoms with van der Waals surface area (Å²) in [7, 11) is 1.85. The molecule has 0 spiro atoms. The summed E-state index contributed by atoms with van der Waals surface area (Å²) in [6, 6.07) is -0.129. The molecule has 0 aromatic carbocycles. The molecule has 0 saturated carbocycles. The molecule has 5 heteroatoms. The van der Waals surface area contributed by atoms with Gasteiger partial charge in [-0.05, 0) is 0 Å². The zero-order valence-corrected chi connectivity index (χ0v) is 8.19. The minimum atomic E-state index is -0.300. The lowest BCUT2D eigenvalue weighted by Gasteiger charge is -2.18. The lowest BCUT2D eigenvalue weighted by Crippen LogP contribution is -2.31. The normalized spacial score (nSPS) is 39.0. The summed E-state index contributed by atoms with van der Waals surface area (Å²) in [6.45, 7) is 3.27. The average molecular weight is 186 g/mol. The van der Waals surface area contributed by atoms with Gasteiger partial charge in [-0.1, -0.05) is 6.92 Å². The van der Waals surface area contributed by atoms with Crippen molar-refractivity contribution in [1.82, 2.24) is 0 Å². The van der Waals surface area contributed by atoms with Gasteiger partial charge in [0.25, 0.3) is 0 Å². The van der Waals surface area contributed by atoms with Gasteiger partial charge >= 0.3 is 5.97 Å². The lowest BCUT2D eigenvalue weighted by atomic mass is 9.88. The van der Waals surface area contributed by atoms with E-state index in [4.69, 9.17) is 14.6 Å². The smallest absolute Gasteiger partial charge is 0.302 e. The zero-order valence-electron chi connectivity index (χ0n) is 8.19. The van der Waals surface area contributed by atoms with Crippen LogP contribution in [-0.2, 0) is 14.3 Å². The van der Waals surface area contributed by atoms with E-state index in [-0.39, 0.29) is 36.7 Å². The van der Waals surface area contributed by atoms with E-state index in [0.29, 0.717) is 0 Å². The maximum absolute atomic E-state index is 10.7. The van der Waals surface area contributed by atoms with Crippen molar-refractivity contribution in [3.8, 4) is 0 Å². The largest absolute Gasteiger partial charge is 0.460 e. The van der Waals surface area contributed by atoms with Gasteiger partial charge in [-0.15, -0.1) is 0 Å². The third-order valence-corrected chi connectivity index (χ3v) is 2.44. The van der Waals surface area contributed by atoms with Gasteiger partial charge in [-0.25, -0.2) is 0 Å². The van der Waals surface area contributed by atoms with Crippen LogP contribution in [0, 0.1) is 5.92 Å². The Morgan fingerprint density at radius 3 is 2.69 bits per heavy atom. The summed E-state index contributed by atoms with van der Waals surface area (Å²) in [5.74, 6) is -0.241. The van der Waals surface area contributed by atoms with Crippen molar-refractivity contribution < 1.29 is 19.4 Å². The third kappa shape index (κ3) is 2.22. The molecule has 1 aliphatic rings. The highest BCUT2D eigenvalue weighted by atomic mass is 16.6. The molecule has 1 heterocycles. The molecule has 74 valence electrons. The van der Waals surface area contributed by atoms with E-state index < -0.39 is 0 Å². The van der Waals surface area contributed by atoms with E-state index in [0.717, 1.165) is 0 Å². The maximum Gasteiger partial charge on any atom is 0.302 e. The first-order valence-corrected chi connectivity index (χ1v) is 4.49. The van der Waals surface area contributed by atoms with E-state index in [1.165, 1.54) is 6.92 Å². The van der Waals surface area contributed by atoms with Gasteiger partial charge in [0.15, 0.2) is 0 Å². The number of rotatable bonds is 2. The second kappa shape index (κ2) is 4.11. The summed E-state index contributed by atoms with van der Waals surface area (Å²) < 4.78 is 10.5. The maximum atomic E-state index is 10.7. The number of ether oxygens (including phenoxy) is 2. The second-order valence-electron chi connectivity index (χ2n) is 3.50. The van der Waals surface area contributed by atoms with Crippen LogP contribution < -0.4 is 0 Å². The molecule has 1 rings (SSSR count). The Morgan fingerprint density at radius 1 is 1.69 bits per heavy atom. The lowest BCUT2D eigenvalue weighted by molar-refractivity contribution is -0.148. The topological polar surface area (TPSA) is 55.8 Å². The fraction of sp³-hybridized carbons (Fsp3) is 0.875. The van der Waals surface area contributed by atoms with Gasteiger partial charge in [-0.3, -0.25) is 4.79 Å². The predicted octanol–water partition coefficient (Wildman–Crippen LogP) is -1.10. The van der Waals surface area contributed by atoms with Crippen molar-refractivity contribution in [2.45, 2.75) is 32.1 Å². The fourth-order valence-corrected chi connectivity index (χ4v) is 1.72. The van der Waals surface area contributed by atoms with Crippen molar-refractivity contribution in [3.05, 3.63) is 0 Å². The van der Waals surface area contributed by atoms with Crippen LogP contribution in [0.3, 0.4) is 0 Å². The SMILES string of the molecule is B[C@@H]1O[C@H](CO)C(C)[C@@H]1OC(C)=O. The summed E-state index contributed by atoms with van der Waals surface area (Å²) in [5.41, 5.74) is 0. The number of hydrogen-bond donors (Lipinski definition) is 1. The predicted molar refractivity (Wildman–Crippen MR) is 49.0 cm³/mol. The molecule has 0 amide bonds. The Bertz CT molecular complexity index is 197. The van der Waals surface area contributed by atoms with E-state index >= 15 is 0 Å². The van der Waals surface area contributed by atoms with Crippen LogP contribution >= 0.6 is 0 Å². The van der Waals surface area contributed by atoms with Crippen LogP contribution in [0.4, 0.5) is 0 Å². The molecule has 0 bridgehead atoms. The van der Waals surface area contributed by atoms with Crippen LogP contribution in [0.15, 0.2) is 0 Å². The molecule has 1 unspecified atom stereocenters. The number of aliphatic hydroxyl groups is 1. The summed E-state index contributed by atoms with van der Waals surface area (Å²) in [5, 5.41) is 8.94. The molecule has 0 aromatic rings. The van der Waals surface area contributed by atoms with Gasteiger partial charge in [0.05, 0.1) is 18.7 Å². The summed E-state index contributed by atoms with van der Waals surface area (Å²) >= 11 is 0. The average Bonchev–Trinajstić information content (AvgIpc) is 2.31. The molecule has 0 aliphatic carbocycles. The molecular formula is C8H15BO4. The summed E-state index contributed by atoms with van der Waals surface area (Å²) in [4.78, 5) is 10.7. The first-order chi connectivity index (χ1) is 6.06. The highest BCUT2D eigenvalue weighted by Gasteiger charge is 2.40. The zero-order chi connectivity index (χ0) is 10.0. The molecular weight excluding hydrogens is 171 g/mol. The molecule has 1 N–H and O–H groups in total. The first kappa shape index (κ1) is 10.5. The van der Waals surface area contributed by atoms with Crippen LogP contribution in [0.1, 0.15) is 13.8 Å². The molecule has 4 nitrogen and oxygen atoms in total. The van der Waals surface area contributed by atoms with Crippen LogP contribution in [0.2, 0.25) is 0 Å². The third-order valence-electron chi connectivity index (χ3n) is 2.44. The van der Waals surface area contributed by atoms with Crippen molar-refractivity contribution in [2.24, 2.45) is 5.92 Å². The van der Waals surface area contributed by atoms with Gasteiger partial charge in [0.1, 0.15) is 14.0 Å². The van der Waals surface area contributed by atoms with Crippen molar-refractivity contribution in [3.63, 3.8) is 0 Å². The number of carbonyl (C=O) groups excluding carboxylic acids is 1. The van der Waals surface area contributed by atoms with Crippen molar-refractivity contribution >= 4 is 13.8 Å². The highest BCUT2D eigenvalue weighted by Crippen LogP contribution is 2.27. The molecule has 1 aliphatic heterocycles. The Kier molecular flexibility index (Phi) is 3.33. The van der Waals surface area contributed by atoms with Gasteiger partial charge in [0, 0.05) is 12.8 Å². The molecule has 1 fully saturated rings. The van der Waals surface area contributed by atoms with Crippen LogP contribution in [-0.4, -0.2) is 43.7 Å². The number of aliphatic hydroxyl groups excluding tert-OH is 1. The van der Waals surface area contributed by atoms with Gasteiger partial charge in [0.2, 0.25) is 0 Å². The standard InChI is InChI=1S/C8H15BO4/c1-4-6(3-10)13-8(9)7(4)12-5(2)11/h4,6-8,10H,3,9H2,1-2H3/t4?,6-,7+,8-/m1/s1. The highest BCUT2D eigenvalue weighted by molar-refractivity contribution is 6.11. The van der Waals surface area contributed by atoms with Crippen LogP contribution in [0.5, 0.6) is 0 Å². The van der Waals surface area contributed by atoms with Crippen molar-refractivity contribution in [1.29, 1.82) is 0 Å². The molecule has 1 saturated heterocycles. The molecule has 13 heavy (non-hydrogen) atoms. The number of carbonyl (C=O) groups is 1. The second-order valence-corrected chi connectivity index (χ2v) is 3.50. The van der Waals surface area contributed by atoms with Gasteiger partial charge < -0.3 is 14.6 Å². The van der Waals surface area contributed by atoms with E-state index in [2.05, 4.69) is 0 Å². The molecule has 0 aromatic heterocycles. The molecule has 4 atom stereocenters. The first-order valence-electron chi connectivity index (χ1n) is 4.49.